The molecular weight excluding hydrogens is 288 g/mol. The number of aryl methyl sites for hydroxylation is 1. The van der Waals surface area contributed by atoms with Crippen molar-refractivity contribution in [3.05, 3.63) is 22.7 Å². The Hall–Kier alpha value is -1.76. The summed E-state index contributed by atoms with van der Waals surface area (Å²) in [6.07, 6.45) is -0.763. The Morgan fingerprint density at radius 1 is 1.40 bits per heavy atom. The Balaban J connectivity index is 2.12. The summed E-state index contributed by atoms with van der Waals surface area (Å²) in [5.41, 5.74) is 2.33. The summed E-state index contributed by atoms with van der Waals surface area (Å²) in [6, 6.07) is 3.51. The van der Waals surface area contributed by atoms with Gasteiger partial charge in [0.2, 0.25) is 5.82 Å². The molecule has 1 aromatic carbocycles. The number of aromatic amines is 1. The number of hydrogen-bond donors (Lipinski definition) is 1. The van der Waals surface area contributed by atoms with Gasteiger partial charge in [-0.15, -0.1) is 10.2 Å². The third-order valence-corrected chi connectivity index (χ3v) is 3.51. The molecule has 2 heterocycles. The third-order valence-electron chi connectivity index (χ3n) is 3.29. The molecule has 0 radical (unpaired) electrons. The van der Waals surface area contributed by atoms with Crippen LogP contribution in [0.1, 0.15) is 12.0 Å². The van der Waals surface area contributed by atoms with Crippen LogP contribution in [0.2, 0.25) is 5.02 Å². The van der Waals surface area contributed by atoms with Crippen LogP contribution in [-0.2, 0) is 6.42 Å². The molecule has 1 aromatic heterocycles. The highest BCUT2D eigenvalue weighted by Crippen LogP contribution is 2.38. The maximum atomic E-state index is 12.7. The highest BCUT2D eigenvalue weighted by molar-refractivity contribution is 6.31. The van der Waals surface area contributed by atoms with Gasteiger partial charge in [0.15, 0.2) is 0 Å². The van der Waals surface area contributed by atoms with Crippen LogP contribution >= 0.6 is 11.6 Å². The van der Waals surface area contributed by atoms with Gasteiger partial charge in [0.05, 0.1) is 12.2 Å². The highest BCUT2D eigenvalue weighted by Gasteiger charge is 2.25. The number of nitrogens with one attached hydrogen (secondary N) is 1. The Morgan fingerprint density at radius 2 is 2.25 bits per heavy atom. The average molecular weight is 300 g/mol. The quantitative estimate of drug-likeness (QED) is 0.946. The number of hydrogen-bond acceptors (Lipinski definition) is 4. The molecule has 1 aliphatic heterocycles. The maximum absolute atomic E-state index is 12.7. The van der Waals surface area contributed by atoms with Crippen LogP contribution in [0.25, 0.3) is 11.4 Å². The first-order valence-corrected chi connectivity index (χ1v) is 6.62. The minimum atomic E-state index is -2.39. The summed E-state index contributed by atoms with van der Waals surface area (Å²) in [4.78, 5) is 1.67. The molecule has 1 N–H and O–H groups in total. The summed E-state index contributed by atoms with van der Waals surface area (Å²) in [5, 5.41) is 14.3. The van der Waals surface area contributed by atoms with E-state index in [4.69, 9.17) is 11.6 Å². The molecule has 20 heavy (non-hydrogen) atoms. The van der Waals surface area contributed by atoms with Crippen LogP contribution < -0.4 is 4.90 Å². The van der Waals surface area contributed by atoms with Crippen molar-refractivity contribution in [1.82, 2.24) is 20.6 Å². The van der Waals surface area contributed by atoms with Crippen molar-refractivity contribution in [2.75, 3.05) is 18.0 Å². The smallest absolute Gasteiger partial charge is 0.255 e. The minimum Gasteiger partial charge on any atom is -0.365 e. The molecule has 0 aliphatic carbocycles. The number of H-pyrrole nitrogens is 1. The van der Waals surface area contributed by atoms with E-state index in [1.54, 1.807) is 11.0 Å². The van der Waals surface area contributed by atoms with Gasteiger partial charge >= 0.3 is 0 Å². The molecule has 0 bridgehead atoms. The van der Waals surface area contributed by atoms with E-state index in [9.17, 15) is 8.78 Å². The van der Waals surface area contributed by atoms with Gasteiger partial charge in [-0.2, -0.15) is 5.21 Å². The molecular formula is C12H12ClF2N5. The number of tetrazole rings is 1. The van der Waals surface area contributed by atoms with Crippen molar-refractivity contribution in [3.8, 4) is 11.4 Å². The Labute approximate surface area is 118 Å². The van der Waals surface area contributed by atoms with Crippen molar-refractivity contribution in [2.24, 2.45) is 0 Å². The second kappa shape index (κ2) is 5.32. The molecule has 0 saturated carbocycles. The Bertz CT molecular complexity index is 602. The Kier molecular flexibility index (Phi) is 3.52. The van der Waals surface area contributed by atoms with Gasteiger partial charge in [0, 0.05) is 17.1 Å². The zero-order valence-corrected chi connectivity index (χ0v) is 11.2. The standard InChI is InChI=1S/C12H12ClF2N5/c13-8-4-7-2-1-3-20(6-10(14)15)11(7)9(5-8)12-16-18-19-17-12/h4-5,10H,1-3,6H2,(H,16,17,18,19). The lowest BCUT2D eigenvalue weighted by atomic mass is 9.97. The molecule has 2 aromatic rings. The fourth-order valence-electron chi connectivity index (χ4n) is 2.59. The number of rotatable bonds is 3. The number of halogens is 3. The van der Waals surface area contributed by atoms with Gasteiger partial charge in [-0.25, -0.2) is 8.78 Å². The molecule has 0 spiro atoms. The van der Waals surface area contributed by atoms with E-state index in [0.29, 0.717) is 23.0 Å². The zero-order valence-electron chi connectivity index (χ0n) is 10.5. The van der Waals surface area contributed by atoms with E-state index >= 15 is 0 Å². The molecule has 106 valence electrons. The summed E-state index contributed by atoms with van der Waals surface area (Å²) >= 11 is 6.10. The van der Waals surface area contributed by atoms with E-state index in [1.807, 2.05) is 6.07 Å². The average Bonchev–Trinajstić information content (AvgIpc) is 2.90. The molecule has 5 nitrogen and oxygen atoms in total. The number of nitrogens with zero attached hydrogens (tertiary/aromatic N) is 4. The molecule has 1 aliphatic rings. The van der Waals surface area contributed by atoms with Gasteiger partial charge in [-0.1, -0.05) is 11.6 Å². The molecule has 0 unspecified atom stereocenters. The van der Waals surface area contributed by atoms with E-state index < -0.39 is 6.43 Å². The molecule has 3 rings (SSSR count). The van der Waals surface area contributed by atoms with Crippen LogP contribution in [0, 0.1) is 0 Å². The van der Waals surface area contributed by atoms with Crippen molar-refractivity contribution in [1.29, 1.82) is 0 Å². The fraction of sp³-hybridized carbons (Fsp3) is 0.417. The second-order valence-electron chi connectivity index (χ2n) is 4.64. The van der Waals surface area contributed by atoms with Crippen molar-refractivity contribution in [3.63, 3.8) is 0 Å². The van der Waals surface area contributed by atoms with Crippen molar-refractivity contribution < 1.29 is 8.78 Å². The number of benzene rings is 1. The van der Waals surface area contributed by atoms with E-state index in [2.05, 4.69) is 20.6 Å². The van der Waals surface area contributed by atoms with Crippen LogP contribution in [0.3, 0.4) is 0 Å². The number of aromatic nitrogens is 4. The summed E-state index contributed by atoms with van der Waals surface area (Å²) in [5.74, 6) is 0.366. The Morgan fingerprint density at radius 3 is 2.95 bits per heavy atom. The van der Waals surface area contributed by atoms with E-state index in [-0.39, 0.29) is 6.54 Å². The second-order valence-corrected chi connectivity index (χ2v) is 5.07. The lowest BCUT2D eigenvalue weighted by Gasteiger charge is -2.32. The first-order valence-electron chi connectivity index (χ1n) is 6.24. The van der Waals surface area contributed by atoms with Crippen molar-refractivity contribution in [2.45, 2.75) is 19.3 Å². The maximum Gasteiger partial charge on any atom is 0.255 e. The van der Waals surface area contributed by atoms with Crippen molar-refractivity contribution >= 4 is 17.3 Å². The first kappa shape index (κ1) is 13.2. The van der Waals surface area contributed by atoms with Gasteiger partial charge in [0.1, 0.15) is 0 Å². The molecule has 0 fully saturated rings. The van der Waals surface area contributed by atoms with E-state index in [0.717, 1.165) is 24.1 Å². The first-order chi connectivity index (χ1) is 9.65. The molecule has 0 saturated heterocycles. The number of anilines is 1. The fourth-order valence-corrected chi connectivity index (χ4v) is 2.83. The molecule has 0 amide bonds. The SMILES string of the molecule is FC(F)CN1CCCc2cc(Cl)cc(-c3nn[nH]n3)c21. The molecule has 0 atom stereocenters. The van der Waals surface area contributed by atoms with Gasteiger partial charge in [-0.05, 0) is 35.8 Å². The van der Waals surface area contributed by atoms with E-state index in [1.165, 1.54) is 0 Å². The largest absolute Gasteiger partial charge is 0.365 e. The lowest BCUT2D eigenvalue weighted by Crippen LogP contribution is -2.34. The minimum absolute atomic E-state index is 0.306. The summed E-state index contributed by atoms with van der Waals surface area (Å²) in [7, 11) is 0. The van der Waals surface area contributed by atoms with Crippen LogP contribution in [0.15, 0.2) is 12.1 Å². The van der Waals surface area contributed by atoms with Crippen LogP contribution in [0.5, 0.6) is 0 Å². The number of fused-ring (bicyclic) bond motifs is 1. The predicted molar refractivity (Wildman–Crippen MR) is 71.2 cm³/mol. The normalized spacial score (nSPS) is 14.7. The van der Waals surface area contributed by atoms with Gasteiger partial charge < -0.3 is 4.90 Å². The van der Waals surface area contributed by atoms with Gasteiger partial charge in [0.25, 0.3) is 6.43 Å². The summed E-state index contributed by atoms with van der Waals surface area (Å²) in [6.45, 7) is 0.281. The zero-order chi connectivity index (χ0) is 14.1. The monoisotopic (exact) mass is 299 g/mol. The topological polar surface area (TPSA) is 57.7 Å². The number of alkyl halides is 2. The lowest BCUT2D eigenvalue weighted by molar-refractivity contribution is 0.154. The van der Waals surface area contributed by atoms with Crippen LogP contribution in [0.4, 0.5) is 14.5 Å². The molecule has 8 heteroatoms. The predicted octanol–water partition coefficient (Wildman–Crippen LogP) is 2.54. The third kappa shape index (κ3) is 2.45. The highest BCUT2D eigenvalue weighted by atomic mass is 35.5. The van der Waals surface area contributed by atoms with Gasteiger partial charge in [-0.3, -0.25) is 0 Å². The van der Waals surface area contributed by atoms with Crippen LogP contribution in [-0.4, -0.2) is 40.1 Å². The summed E-state index contributed by atoms with van der Waals surface area (Å²) < 4.78 is 25.5.